The number of unbranched alkanes of at least 4 members (excludes halogenated alkanes) is 24. The van der Waals surface area contributed by atoms with Crippen molar-refractivity contribution in [3.63, 3.8) is 0 Å². The van der Waals surface area contributed by atoms with Gasteiger partial charge in [-0.2, -0.15) is 0 Å². The van der Waals surface area contributed by atoms with E-state index in [1.807, 2.05) is 0 Å². The average molecular weight is 635 g/mol. The van der Waals surface area contributed by atoms with Gasteiger partial charge in [-0.1, -0.05) is 211 Å². The molecule has 0 saturated carbocycles. The Morgan fingerprint density at radius 3 is 1.33 bits per heavy atom. The van der Waals surface area contributed by atoms with Crippen LogP contribution in [-0.4, -0.2) is 0 Å². The molecule has 0 heteroatoms. The van der Waals surface area contributed by atoms with Gasteiger partial charge < -0.3 is 0 Å². The van der Waals surface area contributed by atoms with E-state index in [1.54, 1.807) is 5.57 Å². The topological polar surface area (TPSA) is 0 Å². The van der Waals surface area contributed by atoms with E-state index in [0.29, 0.717) is 5.41 Å². The predicted molar refractivity (Wildman–Crippen MR) is 212 cm³/mol. The van der Waals surface area contributed by atoms with Crippen molar-refractivity contribution >= 4 is 5.57 Å². The van der Waals surface area contributed by atoms with Crippen LogP contribution >= 0.6 is 0 Å². The van der Waals surface area contributed by atoms with E-state index in [9.17, 15) is 0 Å². The Morgan fingerprint density at radius 1 is 0.457 bits per heavy atom. The minimum Gasteiger partial charge on any atom is -0.0885 e. The van der Waals surface area contributed by atoms with Gasteiger partial charge in [0.25, 0.3) is 0 Å². The van der Waals surface area contributed by atoms with Gasteiger partial charge in [-0.25, -0.2) is 0 Å². The van der Waals surface area contributed by atoms with Crippen LogP contribution in [0, 0.1) is 5.41 Å². The molecule has 0 atom stereocenters. The summed E-state index contributed by atoms with van der Waals surface area (Å²) in [5, 5.41) is 0. The van der Waals surface area contributed by atoms with Crippen LogP contribution < -0.4 is 0 Å². The second kappa shape index (κ2) is 32.3. The van der Waals surface area contributed by atoms with Crippen LogP contribution in [0.1, 0.15) is 232 Å². The van der Waals surface area contributed by atoms with E-state index in [1.165, 1.54) is 205 Å². The Kier molecular flexibility index (Phi) is 30.0. The Morgan fingerprint density at radius 2 is 0.848 bits per heavy atom. The zero-order valence-electron chi connectivity index (χ0n) is 32.0. The Balaban J connectivity index is 1.99. The molecule has 0 nitrogen and oxygen atoms in total. The fourth-order valence-electron chi connectivity index (χ4n) is 7.00. The largest absolute Gasteiger partial charge is 0.0885 e. The minimum absolute atomic E-state index is 0.538. The van der Waals surface area contributed by atoms with Crippen LogP contribution in [0.5, 0.6) is 0 Å². The number of hydrogen-bond donors (Lipinski definition) is 0. The van der Waals surface area contributed by atoms with Crippen molar-refractivity contribution in [1.82, 2.24) is 0 Å². The number of rotatable bonds is 34. The molecule has 0 unspecified atom stereocenters. The first-order valence-corrected chi connectivity index (χ1v) is 21.0. The summed E-state index contributed by atoms with van der Waals surface area (Å²) in [6.45, 7) is 9.65. The maximum Gasteiger partial charge on any atom is -0.0228 e. The van der Waals surface area contributed by atoms with Gasteiger partial charge in [0.05, 0.1) is 0 Å². The van der Waals surface area contributed by atoms with Gasteiger partial charge in [0.15, 0.2) is 0 Å². The highest BCUT2D eigenvalue weighted by Gasteiger charge is 2.16. The lowest BCUT2D eigenvalue weighted by Gasteiger charge is -2.24. The number of allylic oxidation sites excluding steroid dienone is 4. The maximum absolute atomic E-state index is 2.56. The Bertz CT molecular complexity index is 797. The SMILES string of the molecule is CCCCCCCCC=CCCCCCCCCC(C)(C)CCCCCCCCCC(=CCCCCCCCC)c1ccccc1. The molecule has 266 valence electrons. The van der Waals surface area contributed by atoms with Crippen molar-refractivity contribution in [1.29, 1.82) is 0 Å². The second-order valence-electron chi connectivity index (χ2n) is 15.5. The first-order chi connectivity index (χ1) is 22.6. The molecule has 0 radical (unpaired) electrons. The molecule has 0 bridgehead atoms. The summed E-state index contributed by atoms with van der Waals surface area (Å²) in [6, 6.07) is 11.2. The van der Waals surface area contributed by atoms with Gasteiger partial charge in [-0.3, -0.25) is 0 Å². The van der Waals surface area contributed by atoms with E-state index in [4.69, 9.17) is 0 Å². The molecule has 0 aliphatic rings. The molecule has 0 aliphatic heterocycles. The fourth-order valence-corrected chi connectivity index (χ4v) is 7.00. The highest BCUT2D eigenvalue weighted by molar-refractivity contribution is 5.65. The monoisotopic (exact) mass is 635 g/mol. The predicted octanol–water partition coefficient (Wildman–Crippen LogP) is 16.8. The molecular weight excluding hydrogens is 553 g/mol. The maximum atomic E-state index is 2.56. The van der Waals surface area contributed by atoms with Crippen molar-refractivity contribution in [2.75, 3.05) is 0 Å². The van der Waals surface area contributed by atoms with Crippen molar-refractivity contribution in [2.24, 2.45) is 5.41 Å². The van der Waals surface area contributed by atoms with Crippen LogP contribution in [0.3, 0.4) is 0 Å². The first kappa shape index (κ1) is 42.7. The first-order valence-electron chi connectivity index (χ1n) is 21.0. The molecule has 46 heavy (non-hydrogen) atoms. The summed E-state index contributed by atoms with van der Waals surface area (Å²) in [4.78, 5) is 0. The molecule has 0 fully saturated rings. The highest BCUT2D eigenvalue weighted by Crippen LogP contribution is 2.31. The summed E-state index contributed by atoms with van der Waals surface area (Å²) < 4.78 is 0. The van der Waals surface area contributed by atoms with Crippen LogP contribution in [0.15, 0.2) is 48.6 Å². The average Bonchev–Trinajstić information content (AvgIpc) is 3.06. The van der Waals surface area contributed by atoms with Gasteiger partial charge in [0.2, 0.25) is 0 Å². The molecule has 0 saturated heterocycles. The summed E-state index contributed by atoms with van der Waals surface area (Å²) in [6.07, 6.45) is 50.7. The number of hydrogen-bond acceptors (Lipinski definition) is 0. The lowest BCUT2D eigenvalue weighted by Crippen LogP contribution is -2.11. The van der Waals surface area contributed by atoms with E-state index in [-0.39, 0.29) is 0 Å². The third kappa shape index (κ3) is 27.8. The van der Waals surface area contributed by atoms with Gasteiger partial charge >= 0.3 is 0 Å². The van der Waals surface area contributed by atoms with Crippen LogP contribution in [0.2, 0.25) is 0 Å². The Hall–Kier alpha value is -1.30. The third-order valence-corrected chi connectivity index (χ3v) is 10.3. The molecule has 0 aliphatic carbocycles. The molecule has 0 N–H and O–H groups in total. The molecule has 0 spiro atoms. The lowest BCUT2D eigenvalue weighted by molar-refractivity contribution is 0.282. The second-order valence-corrected chi connectivity index (χ2v) is 15.5. The van der Waals surface area contributed by atoms with Gasteiger partial charge in [-0.05, 0) is 80.8 Å². The van der Waals surface area contributed by atoms with Crippen molar-refractivity contribution in [2.45, 2.75) is 227 Å². The third-order valence-electron chi connectivity index (χ3n) is 10.3. The molecule has 1 aromatic carbocycles. The van der Waals surface area contributed by atoms with E-state index in [0.717, 1.165) is 0 Å². The quantitative estimate of drug-likeness (QED) is 0.0522. The summed E-state index contributed by atoms with van der Waals surface area (Å²) in [5.41, 5.74) is 3.59. The zero-order valence-corrected chi connectivity index (χ0v) is 32.0. The fraction of sp³-hybridized carbons (Fsp3) is 0.783. The molecule has 0 amide bonds. The van der Waals surface area contributed by atoms with E-state index < -0.39 is 0 Å². The van der Waals surface area contributed by atoms with Crippen molar-refractivity contribution in [3.05, 3.63) is 54.1 Å². The summed E-state index contributed by atoms with van der Waals surface area (Å²) in [5.74, 6) is 0. The highest BCUT2D eigenvalue weighted by atomic mass is 14.2. The number of benzene rings is 1. The van der Waals surface area contributed by atoms with Gasteiger partial charge in [0, 0.05) is 0 Å². The normalized spacial score (nSPS) is 12.5. The van der Waals surface area contributed by atoms with E-state index >= 15 is 0 Å². The smallest absolute Gasteiger partial charge is 0.0228 e. The molecule has 0 aromatic heterocycles. The molecule has 1 aromatic rings. The minimum atomic E-state index is 0.538. The van der Waals surface area contributed by atoms with Crippen LogP contribution in [0.25, 0.3) is 5.57 Å². The standard InChI is InChI=1S/C46H82/c1-5-7-9-11-13-14-15-16-17-18-19-20-21-25-29-36-42-46(3,4)43-37-30-26-22-24-28-33-39-44(45-40-34-31-35-41-45)38-32-27-23-12-10-8-6-2/h16-17,31,34-35,38,40-41H,5-15,18-30,32-33,36-37,39,42-43H2,1-4H3. The van der Waals surface area contributed by atoms with Gasteiger partial charge in [0.1, 0.15) is 0 Å². The molecule has 1 rings (SSSR count). The van der Waals surface area contributed by atoms with Crippen LogP contribution in [0.4, 0.5) is 0 Å². The molecular formula is C46H82. The Labute approximate surface area is 291 Å². The zero-order chi connectivity index (χ0) is 33.2. The van der Waals surface area contributed by atoms with Crippen LogP contribution in [-0.2, 0) is 0 Å². The van der Waals surface area contributed by atoms with Gasteiger partial charge in [-0.15, -0.1) is 0 Å². The van der Waals surface area contributed by atoms with Crippen molar-refractivity contribution in [3.8, 4) is 0 Å². The lowest BCUT2D eigenvalue weighted by atomic mass is 9.81. The molecule has 0 heterocycles. The van der Waals surface area contributed by atoms with Crippen molar-refractivity contribution < 1.29 is 0 Å². The van der Waals surface area contributed by atoms with E-state index in [2.05, 4.69) is 76.3 Å². The summed E-state index contributed by atoms with van der Waals surface area (Å²) in [7, 11) is 0. The summed E-state index contributed by atoms with van der Waals surface area (Å²) >= 11 is 0.